The summed E-state index contributed by atoms with van der Waals surface area (Å²) in [5.74, 6) is 0.951. The molecule has 1 amide bonds. The van der Waals surface area contributed by atoms with Crippen molar-refractivity contribution in [3.05, 3.63) is 63.5 Å². The number of halogens is 1. The van der Waals surface area contributed by atoms with Gasteiger partial charge in [-0.2, -0.15) is 0 Å². The van der Waals surface area contributed by atoms with Crippen LogP contribution in [0.15, 0.2) is 47.4 Å². The molecule has 134 valence electrons. The van der Waals surface area contributed by atoms with Crippen LogP contribution < -0.4 is 14.8 Å². The smallest absolute Gasteiger partial charge is 0.264 e. The molecular weight excluding hydrogens is 372 g/mol. The summed E-state index contributed by atoms with van der Waals surface area (Å²) in [6.07, 6.45) is 1.73. The van der Waals surface area contributed by atoms with Gasteiger partial charge in [-0.05, 0) is 60.2 Å². The quantitative estimate of drug-likeness (QED) is 0.717. The predicted molar refractivity (Wildman–Crippen MR) is 105 cm³/mol. The summed E-state index contributed by atoms with van der Waals surface area (Å²) < 4.78 is 11.5. The van der Waals surface area contributed by atoms with Crippen molar-refractivity contribution in [3.8, 4) is 11.5 Å². The second kappa shape index (κ2) is 8.29. The molecule has 2 aromatic rings. The van der Waals surface area contributed by atoms with Gasteiger partial charge in [-0.1, -0.05) is 29.8 Å². The van der Waals surface area contributed by atoms with E-state index in [0.29, 0.717) is 34.6 Å². The molecule has 0 radical (unpaired) electrons. The largest absolute Gasteiger partial charge is 0.490 e. The fourth-order valence-electron chi connectivity index (χ4n) is 2.38. The molecule has 2 aromatic carbocycles. The van der Waals surface area contributed by atoms with Gasteiger partial charge in [0.05, 0.1) is 11.5 Å². The van der Waals surface area contributed by atoms with Crippen molar-refractivity contribution in [1.82, 2.24) is 5.32 Å². The van der Waals surface area contributed by atoms with Crippen LogP contribution >= 0.6 is 23.4 Å². The van der Waals surface area contributed by atoms with E-state index in [9.17, 15) is 4.79 Å². The number of hydrogen-bond acceptors (Lipinski definition) is 5. The Morgan fingerprint density at radius 1 is 1.19 bits per heavy atom. The molecule has 0 aliphatic carbocycles. The first-order valence-corrected chi connectivity index (χ1v) is 9.18. The van der Waals surface area contributed by atoms with Crippen molar-refractivity contribution in [3.63, 3.8) is 0 Å². The van der Waals surface area contributed by atoms with Gasteiger partial charge in [0.15, 0.2) is 16.7 Å². The molecule has 1 fully saturated rings. The van der Waals surface area contributed by atoms with Gasteiger partial charge in [0.2, 0.25) is 0 Å². The van der Waals surface area contributed by atoms with E-state index in [1.807, 2.05) is 49.4 Å². The van der Waals surface area contributed by atoms with E-state index in [1.165, 1.54) is 0 Å². The van der Waals surface area contributed by atoms with Gasteiger partial charge in [0, 0.05) is 5.02 Å². The summed E-state index contributed by atoms with van der Waals surface area (Å²) >= 11 is 7.10. The summed E-state index contributed by atoms with van der Waals surface area (Å²) in [5.41, 5.74) is 1.76. The van der Waals surface area contributed by atoms with Crippen LogP contribution in [0.3, 0.4) is 0 Å². The first-order chi connectivity index (χ1) is 12.5. The third-order valence-corrected chi connectivity index (χ3v) is 4.58. The van der Waals surface area contributed by atoms with E-state index in [0.717, 1.165) is 22.9 Å². The van der Waals surface area contributed by atoms with Crippen LogP contribution in [0.2, 0.25) is 5.02 Å². The van der Waals surface area contributed by atoms with Crippen LogP contribution in [0.25, 0.3) is 6.08 Å². The molecule has 1 saturated heterocycles. The molecule has 2 N–H and O–H groups in total. The molecule has 1 heterocycles. The number of carbonyl (C=O) groups excluding carboxylic acids is 1. The predicted octanol–water partition coefficient (Wildman–Crippen LogP) is 4.46. The number of amidine groups is 1. The fraction of sp³-hybridized carbons (Fsp3) is 0.158. The maximum Gasteiger partial charge on any atom is 0.264 e. The SMILES string of the molecule is CCOc1cc(/C=C2\SC(=N)NC2=O)ccc1OCc1cccc(Cl)c1. The van der Waals surface area contributed by atoms with Gasteiger partial charge in [-0.25, -0.2) is 0 Å². The lowest BCUT2D eigenvalue weighted by Gasteiger charge is -2.13. The summed E-state index contributed by atoms with van der Waals surface area (Å²) in [4.78, 5) is 12.2. The average Bonchev–Trinajstić information content (AvgIpc) is 2.92. The summed E-state index contributed by atoms with van der Waals surface area (Å²) in [6.45, 7) is 2.76. The first-order valence-electron chi connectivity index (χ1n) is 7.98. The van der Waals surface area contributed by atoms with E-state index in [4.69, 9.17) is 26.5 Å². The molecule has 0 bridgehead atoms. The van der Waals surface area contributed by atoms with Gasteiger partial charge in [0.1, 0.15) is 6.61 Å². The Morgan fingerprint density at radius 3 is 2.73 bits per heavy atom. The highest BCUT2D eigenvalue weighted by molar-refractivity contribution is 8.18. The number of nitrogens with one attached hydrogen (secondary N) is 2. The Morgan fingerprint density at radius 2 is 2.04 bits per heavy atom. The standard InChI is InChI=1S/C19H17ClN2O3S/c1-2-24-16-9-12(10-17-18(23)22-19(21)26-17)6-7-15(16)25-11-13-4-3-5-14(20)8-13/h3-10H,2,11H2,1H3,(H2,21,22,23)/b17-10-. The Hall–Kier alpha value is -2.44. The average molecular weight is 389 g/mol. The minimum absolute atomic E-state index is 0.132. The molecule has 0 unspecified atom stereocenters. The Kier molecular flexibility index (Phi) is 5.85. The van der Waals surface area contributed by atoms with Crippen molar-refractivity contribution in [2.24, 2.45) is 0 Å². The lowest BCUT2D eigenvalue weighted by molar-refractivity contribution is -0.115. The van der Waals surface area contributed by atoms with E-state index >= 15 is 0 Å². The van der Waals surface area contributed by atoms with Gasteiger partial charge in [-0.3, -0.25) is 10.2 Å². The normalized spacial score (nSPS) is 15.2. The number of thioether (sulfide) groups is 1. The van der Waals surface area contributed by atoms with E-state index in [2.05, 4.69) is 5.32 Å². The second-order valence-electron chi connectivity index (χ2n) is 5.45. The Balaban J connectivity index is 1.79. The van der Waals surface area contributed by atoms with Crippen molar-refractivity contribution in [2.75, 3.05) is 6.61 Å². The van der Waals surface area contributed by atoms with Crippen molar-refractivity contribution in [1.29, 1.82) is 5.41 Å². The number of amides is 1. The highest BCUT2D eigenvalue weighted by Crippen LogP contribution is 2.32. The highest BCUT2D eigenvalue weighted by atomic mass is 35.5. The molecule has 0 spiro atoms. The molecule has 0 atom stereocenters. The van der Waals surface area contributed by atoms with Gasteiger partial charge < -0.3 is 14.8 Å². The van der Waals surface area contributed by atoms with Crippen molar-refractivity contribution >= 4 is 40.5 Å². The first kappa shape index (κ1) is 18.4. The number of carbonyl (C=O) groups is 1. The van der Waals surface area contributed by atoms with Crippen LogP contribution in [-0.2, 0) is 11.4 Å². The van der Waals surface area contributed by atoms with Gasteiger partial charge in [0.25, 0.3) is 5.91 Å². The molecule has 7 heteroatoms. The fourth-order valence-corrected chi connectivity index (χ4v) is 3.30. The Labute approximate surface area is 160 Å². The summed E-state index contributed by atoms with van der Waals surface area (Å²) in [5, 5.41) is 10.8. The maximum atomic E-state index is 11.7. The van der Waals surface area contributed by atoms with Crippen LogP contribution in [-0.4, -0.2) is 17.7 Å². The minimum atomic E-state index is -0.265. The maximum absolute atomic E-state index is 11.7. The molecule has 26 heavy (non-hydrogen) atoms. The molecule has 5 nitrogen and oxygen atoms in total. The topological polar surface area (TPSA) is 71.4 Å². The number of hydrogen-bond donors (Lipinski definition) is 2. The number of benzene rings is 2. The van der Waals surface area contributed by atoms with Crippen LogP contribution in [0.4, 0.5) is 0 Å². The second-order valence-corrected chi connectivity index (χ2v) is 6.94. The van der Waals surface area contributed by atoms with Crippen LogP contribution in [0.5, 0.6) is 11.5 Å². The van der Waals surface area contributed by atoms with E-state index in [-0.39, 0.29) is 11.1 Å². The highest BCUT2D eigenvalue weighted by Gasteiger charge is 2.22. The van der Waals surface area contributed by atoms with Gasteiger partial charge in [-0.15, -0.1) is 0 Å². The van der Waals surface area contributed by atoms with Crippen LogP contribution in [0.1, 0.15) is 18.1 Å². The molecule has 3 rings (SSSR count). The lowest BCUT2D eigenvalue weighted by Crippen LogP contribution is -2.18. The molecule has 1 aliphatic heterocycles. The number of rotatable bonds is 6. The minimum Gasteiger partial charge on any atom is -0.490 e. The van der Waals surface area contributed by atoms with Crippen molar-refractivity contribution < 1.29 is 14.3 Å². The summed E-state index contributed by atoms with van der Waals surface area (Å²) in [6, 6.07) is 13.0. The molecular formula is C19H17ClN2O3S. The van der Waals surface area contributed by atoms with E-state index in [1.54, 1.807) is 6.08 Å². The molecule has 0 saturated carbocycles. The molecule has 0 aromatic heterocycles. The zero-order chi connectivity index (χ0) is 18.5. The lowest BCUT2D eigenvalue weighted by atomic mass is 10.2. The van der Waals surface area contributed by atoms with Crippen LogP contribution in [0, 0.1) is 5.41 Å². The molecule has 1 aliphatic rings. The Bertz CT molecular complexity index is 883. The summed E-state index contributed by atoms with van der Waals surface area (Å²) in [7, 11) is 0. The van der Waals surface area contributed by atoms with Gasteiger partial charge >= 0.3 is 0 Å². The third kappa shape index (κ3) is 4.59. The zero-order valence-electron chi connectivity index (χ0n) is 14.0. The van der Waals surface area contributed by atoms with E-state index < -0.39 is 0 Å². The third-order valence-electron chi connectivity index (χ3n) is 3.51. The zero-order valence-corrected chi connectivity index (χ0v) is 15.6. The number of ether oxygens (including phenoxy) is 2. The monoisotopic (exact) mass is 388 g/mol. The van der Waals surface area contributed by atoms with Crippen molar-refractivity contribution in [2.45, 2.75) is 13.5 Å².